The van der Waals surface area contributed by atoms with Crippen LogP contribution in [0.3, 0.4) is 0 Å². The first-order chi connectivity index (χ1) is 9.15. The van der Waals surface area contributed by atoms with E-state index in [1.807, 2.05) is 12.1 Å². The summed E-state index contributed by atoms with van der Waals surface area (Å²) in [6, 6.07) is 10.1. The molecule has 2 aromatic carbocycles. The predicted molar refractivity (Wildman–Crippen MR) is 75.4 cm³/mol. The molecule has 0 bridgehead atoms. The smallest absolute Gasteiger partial charge is 0.127 e. The van der Waals surface area contributed by atoms with Crippen molar-refractivity contribution in [2.24, 2.45) is 5.92 Å². The van der Waals surface area contributed by atoms with Crippen molar-refractivity contribution in [2.45, 2.75) is 13.3 Å². The summed E-state index contributed by atoms with van der Waals surface area (Å²) in [6.07, 6.45) is 5.05. The third-order valence-electron chi connectivity index (χ3n) is 3.60. The largest absolute Gasteiger partial charge is 0.507 e. The molecule has 2 heteroatoms. The zero-order valence-corrected chi connectivity index (χ0v) is 10.7. The molecule has 2 aromatic rings. The second-order valence-corrected chi connectivity index (χ2v) is 5.08. The average molecular weight is 254 g/mol. The van der Waals surface area contributed by atoms with Crippen molar-refractivity contribution in [2.75, 3.05) is 0 Å². The number of hydrogen-bond acceptors (Lipinski definition) is 1. The van der Waals surface area contributed by atoms with E-state index in [2.05, 4.69) is 19.1 Å². The fourth-order valence-electron chi connectivity index (χ4n) is 2.54. The number of phenolic OH excluding ortho intramolecular Hbond substituents is 1. The van der Waals surface area contributed by atoms with Gasteiger partial charge in [0, 0.05) is 11.1 Å². The van der Waals surface area contributed by atoms with Crippen molar-refractivity contribution in [1.82, 2.24) is 0 Å². The molecular formula is C17H15FO. The van der Waals surface area contributed by atoms with Gasteiger partial charge in [0.05, 0.1) is 0 Å². The molecule has 1 N–H and O–H groups in total. The second kappa shape index (κ2) is 4.54. The average Bonchev–Trinajstić information content (AvgIpc) is 2.41. The number of halogens is 1. The Balaban J connectivity index is 2.12. The van der Waals surface area contributed by atoms with E-state index in [-0.39, 0.29) is 5.82 Å². The zero-order chi connectivity index (χ0) is 13.4. The Morgan fingerprint density at radius 1 is 1.11 bits per heavy atom. The van der Waals surface area contributed by atoms with Gasteiger partial charge >= 0.3 is 0 Å². The van der Waals surface area contributed by atoms with Crippen LogP contribution < -0.4 is 0 Å². The van der Waals surface area contributed by atoms with Gasteiger partial charge < -0.3 is 5.11 Å². The van der Waals surface area contributed by atoms with Crippen molar-refractivity contribution in [1.29, 1.82) is 0 Å². The number of phenols is 1. The van der Waals surface area contributed by atoms with Gasteiger partial charge in [0.1, 0.15) is 11.6 Å². The normalized spacial score (nSPS) is 17.3. The van der Waals surface area contributed by atoms with E-state index in [0.29, 0.717) is 11.7 Å². The molecule has 1 nitrogen and oxygen atoms in total. The molecule has 1 aliphatic rings. The highest BCUT2D eigenvalue weighted by Gasteiger charge is 2.17. The van der Waals surface area contributed by atoms with Gasteiger partial charge in [-0.3, -0.25) is 0 Å². The minimum Gasteiger partial charge on any atom is -0.507 e. The van der Waals surface area contributed by atoms with Crippen molar-refractivity contribution in [3.63, 3.8) is 0 Å². The number of hydrogen-bond donors (Lipinski definition) is 1. The molecule has 1 atom stereocenters. The molecule has 0 aromatic heterocycles. The van der Waals surface area contributed by atoms with E-state index < -0.39 is 0 Å². The zero-order valence-electron chi connectivity index (χ0n) is 10.7. The molecular weight excluding hydrogens is 239 g/mol. The van der Waals surface area contributed by atoms with Crippen molar-refractivity contribution < 1.29 is 9.50 Å². The van der Waals surface area contributed by atoms with E-state index in [4.69, 9.17) is 0 Å². The van der Waals surface area contributed by atoms with Gasteiger partial charge in [-0.05, 0) is 35.6 Å². The Bertz CT molecular complexity index is 641. The standard InChI is InChI=1S/C17H15FO/c1-11-2-3-13-6-9-15(17(19)16(13)10-11)12-4-7-14(18)8-5-12/h2-9,11,19H,10H2,1H3. The van der Waals surface area contributed by atoms with Gasteiger partial charge in [-0.25, -0.2) is 4.39 Å². The van der Waals surface area contributed by atoms with Crippen LogP contribution in [0.4, 0.5) is 4.39 Å². The summed E-state index contributed by atoms with van der Waals surface area (Å²) in [6.45, 7) is 2.13. The van der Waals surface area contributed by atoms with Gasteiger partial charge in [-0.15, -0.1) is 0 Å². The maximum absolute atomic E-state index is 13.0. The maximum atomic E-state index is 13.0. The molecule has 0 aliphatic heterocycles. The molecule has 0 fully saturated rings. The first-order valence-corrected chi connectivity index (χ1v) is 6.44. The van der Waals surface area contributed by atoms with Gasteiger partial charge in [0.25, 0.3) is 0 Å². The fourth-order valence-corrected chi connectivity index (χ4v) is 2.54. The predicted octanol–water partition coefficient (Wildman–Crippen LogP) is 4.40. The summed E-state index contributed by atoms with van der Waals surface area (Å²) in [5.41, 5.74) is 3.66. The van der Waals surface area contributed by atoms with Crippen LogP contribution in [0.1, 0.15) is 18.1 Å². The lowest BCUT2D eigenvalue weighted by atomic mass is 9.87. The van der Waals surface area contributed by atoms with Crippen molar-refractivity contribution >= 4 is 6.08 Å². The highest BCUT2D eigenvalue weighted by Crippen LogP contribution is 2.38. The molecule has 19 heavy (non-hydrogen) atoms. The minimum atomic E-state index is -0.266. The number of allylic oxidation sites excluding steroid dienone is 1. The van der Waals surface area contributed by atoms with Crippen molar-refractivity contribution in [3.8, 4) is 16.9 Å². The lowest BCUT2D eigenvalue weighted by molar-refractivity contribution is 0.466. The van der Waals surface area contributed by atoms with Gasteiger partial charge in [0.2, 0.25) is 0 Å². The molecule has 0 radical (unpaired) electrons. The van der Waals surface area contributed by atoms with Crippen LogP contribution in [0.15, 0.2) is 42.5 Å². The Kier molecular flexibility index (Phi) is 2.86. The van der Waals surface area contributed by atoms with E-state index in [9.17, 15) is 9.50 Å². The van der Waals surface area contributed by atoms with Crippen LogP contribution in [-0.4, -0.2) is 5.11 Å². The molecule has 0 amide bonds. The molecule has 0 spiro atoms. The summed E-state index contributed by atoms with van der Waals surface area (Å²) in [5, 5.41) is 10.4. The van der Waals surface area contributed by atoms with Crippen LogP contribution in [-0.2, 0) is 6.42 Å². The summed E-state index contributed by atoms with van der Waals surface area (Å²) in [5.74, 6) is 0.486. The quantitative estimate of drug-likeness (QED) is 0.799. The Morgan fingerprint density at radius 2 is 1.84 bits per heavy atom. The van der Waals surface area contributed by atoms with E-state index in [1.165, 1.54) is 12.1 Å². The van der Waals surface area contributed by atoms with Crippen LogP contribution in [0.5, 0.6) is 5.75 Å². The molecule has 0 saturated heterocycles. The molecule has 96 valence electrons. The molecule has 1 unspecified atom stereocenters. The van der Waals surface area contributed by atoms with E-state index >= 15 is 0 Å². The highest BCUT2D eigenvalue weighted by atomic mass is 19.1. The Hall–Kier alpha value is -2.09. The molecule has 3 rings (SSSR count). The lowest BCUT2D eigenvalue weighted by Crippen LogP contribution is -2.04. The third kappa shape index (κ3) is 2.14. The first-order valence-electron chi connectivity index (χ1n) is 6.44. The van der Waals surface area contributed by atoms with Crippen LogP contribution in [0.25, 0.3) is 17.2 Å². The molecule has 0 heterocycles. The fraction of sp³-hybridized carbons (Fsp3) is 0.176. The molecule has 1 aliphatic carbocycles. The minimum absolute atomic E-state index is 0.266. The topological polar surface area (TPSA) is 20.2 Å². The number of rotatable bonds is 1. The Labute approximate surface area is 112 Å². The first kappa shape index (κ1) is 12.0. The van der Waals surface area contributed by atoms with Gasteiger partial charge in [-0.1, -0.05) is 43.3 Å². The highest BCUT2D eigenvalue weighted by molar-refractivity contribution is 5.76. The van der Waals surface area contributed by atoms with E-state index in [0.717, 1.165) is 28.7 Å². The van der Waals surface area contributed by atoms with Gasteiger partial charge in [-0.2, -0.15) is 0 Å². The SMILES string of the molecule is CC1C=Cc2ccc(-c3ccc(F)cc3)c(O)c2C1. The van der Waals surface area contributed by atoms with Crippen molar-refractivity contribution in [3.05, 3.63) is 59.4 Å². The second-order valence-electron chi connectivity index (χ2n) is 5.08. The van der Waals surface area contributed by atoms with Gasteiger partial charge in [0.15, 0.2) is 0 Å². The summed E-state index contributed by atoms with van der Waals surface area (Å²) in [4.78, 5) is 0. The van der Waals surface area contributed by atoms with Crippen LogP contribution in [0, 0.1) is 11.7 Å². The van der Waals surface area contributed by atoms with E-state index in [1.54, 1.807) is 12.1 Å². The van der Waals surface area contributed by atoms with Crippen LogP contribution >= 0.6 is 0 Å². The maximum Gasteiger partial charge on any atom is 0.127 e. The molecule has 0 saturated carbocycles. The third-order valence-corrected chi connectivity index (χ3v) is 3.60. The number of aromatic hydroxyl groups is 1. The summed E-state index contributed by atoms with van der Waals surface area (Å²) >= 11 is 0. The number of benzene rings is 2. The Morgan fingerprint density at radius 3 is 2.58 bits per heavy atom. The lowest BCUT2D eigenvalue weighted by Gasteiger charge is -2.19. The summed E-state index contributed by atoms with van der Waals surface area (Å²) < 4.78 is 13.0. The van der Waals surface area contributed by atoms with Crippen LogP contribution in [0.2, 0.25) is 0 Å². The summed E-state index contributed by atoms with van der Waals surface area (Å²) in [7, 11) is 0. The number of fused-ring (bicyclic) bond motifs is 1. The monoisotopic (exact) mass is 254 g/mol.